The van der Waals surface area contributed by atoms with E-state index < -0.39 is 0 Å². The van der Waals surface area contributed by atoms with E-state index >= 15 is 0 Å². The molecule has 0 unspecified atom stereocenters. The van der Waals surface area contributed by atoms with E-state index in [1.807, 2.05) is 0 Å². The van der Waals surface area contributed by atoms with Crippen molar-refractivity contribution in [3.63, 3.8) is 0 Å². The highest BCUT2D eigenvalue weighted by Gasteiger charge is 2.08. The molecule has 2 aromatic rings. The van der Waals surface area contributed by atoms with Gasteiger partial charge in [-0.2, -0.15) is 0 Å². The minimum absolute atomic E-state index is 0.521. The van der Waals surface area contributed by atoms with E-state index in [1.165, 1.54) is 43.2 Å². The molecule has 106 valence electrons. The van der Waals surface area contributed by atoms with Crippen LogP contribution in [0.2, 0.25) is 0 Å². The van der Waals surface area contributed by atoms with Crippen molar-refractivity contribution in [2.24, 2.45) is 5.73 Å². The Kier molecular flexibility index (Phi) is 6.33. The lowest BCUT2D eigenvalue weighted by atomic mass is 9.93. The van der Waals surface area contributed by atoms with Crippen molar-refractivity contribution in [3.05, 3.63) is 71.8 Å². The number of hydrogen-bond donors (Lipinski definition) is 1. The quantitative estimate of drug-likeness (QED) is 0.699. The molecule has 0 bridgehead atoms. The molecule has 2 N–H and O–H groups in total. The van der Waals surface area contributed by atoms with Crippen molar-refractivity contribution < 1.29 is 0 Å². The highest BCUT2D eigenvalue weighted by molar-refractivity contribution is 5.19. The van der Waals surface area contributed by atoms with E-state index in [1.54, 1.807) is 0 Å². The standard InChI is InChI=1S/C19H25N/c20-16-19(18-13-7-3-8-14-18)15-9-2-6-12-17-10-4-1-5-11-17/h1,3-5,7-8,10-11,13-14,19H,2,6,9,12,15-16,20H2/t19-/m0/s1. The number of benzene rings is 2. The predicted octanol–water partition coefficient (Wildman–Crippen LogP) is 4.53. The lowest BCUT2D eigenvalue weighted by Crippen LogP contribution is -2.12. The summed E-state index contributed by atoms with van der Waals surface area (Å²) < 4.78 is 0. The minimum Gasteiger partial charge on any atom is -0.330 e. The SMILES string of the molecule is NC[C@H](CCCCCc1ccccc1)c1ccccc1. The monoisotopic (exact) mass is 267 g/mol. The van der Waals surface area contributed by atoms with Gasteiger partial charge in [-0.1, -0.05) is 73.5 Å². The molecule has 1 atom stereocenters. The zero-order valence-electron chi connectivity index (χ0n) is 12.2. The molecule has 0 aromatic heterocycles. The summed E-state index contributed by atoms with van der Waals surface area (Å²) in [6, 6.07) is 21.4. The Morgan fingerprint density at radius 3 is 2.05 bits per heavy atom. The van der Waals surface area contributed by atoms with Gasteiger partial charge in [0.25, 0.3) is 0 Å². The maximum Gasteiger partial charge on any atom is -0.000824 e. The average molecular weight is 267 g/mol. The topological polar surface area (TPSA) is 26.0 Å². The van der Waals surface area contributed by atoms with Crippen molar-refractivity contribution in [3.8, 4) is 0 Å². The molecule has 0 fully saturated rings. The maximum atomic E-state index is 5.91. The van der Waals surface area contributed by atoms with E-state index in [0.29, 0.717) is 5.92 Å². The molecule has 0 heterocycles. The van der Waals surface area contributed by atoms with Gasteiger partial charge in [0.1, 0.15) is 0 Å². The Hall–Kier alpha value is -1.60. The third-order valence-electron chi connectivity index (χ3n) is 3.92. The largest absolute Gasteiger partial charge is 0.330 e. The van der Waals surface area contributed by atoms with Gasteiger partial charge < -0.3 is 5.73 Å². The zero-order valence-corrected chi connectivity index (χ0v) is 12.2. The highest BCUT2D eigenvalue weighted by Crippen LogP contribution is 2.21. The summed E-state index contributed by atoms with van der Waals surface area (Å²) in [5.41, 5.74) is 8.75. The third-order valence-corrected chi connectivity index (χ3v) is 3.92. The summed E-state index contributed by atoms with van der Waals surface area (Å²) in [5, 5.41) is 0. The van der Waals surface area contributed by atoms with Crippen LogP contribution in [0.15, 0.2) is 60.7 Å². The van der Waals surface area contributed by atoms with Crippen LogP contribution in [0, 0.1) is 0 Å². The van der Waals surface area contributed by atoms with Gasteiger partial charge in [0.15, 0.2) is 0 Å². The molecule has 0 amide bonds. The van der Waals surface area contributed by atoms with Crippen LogP contribution in [-0.2, 0) is 6.42 Å². The lowest BCUT2D eigenvalue weighted by Gasteiger charge is -2.14. The highest BCUT2D eigenvalue weighted by atomic mass is 14.5. The molecule has 20 heavy (non-hydrogen) atoms. The number of unbranched alkanes of at least 4 members (excludes halogenated alkanes) is 2. The minimum atomic E-state index is 0.521. The summed E-state index contributed by atoms with van der Waals surface area (Å²) in [5.74, 6) is 0.521. The Balaban J connectivity index is 1.67. The van der Waals surface area contributed by atoms with Crippen molar-refractivity contribution in [2.45, 2.75) is 38.0 Å². The fraction of sp³-hybridized carbons (Fsp3) is 0.368. The smallest absolute Gasteiger partial charge is 0.000824 e. The molecule has 0 aliphatic carbocycles. The van der Waals surface area contributed by atoms with Gasteiger partial charge in [0, 0.05) is 0 Å². The van der Waals surface area contributed by atoms with Crippen LogP contribution in [0.5, 0.6) is 0 Å². The first kappa shape index (κ1) is 14.8. The molecule has 0 aliphatic rings. The predicted molar refractivity (Wildman–Crippen MR) is 86.9 cm³/mol. The van der Waals surface area contributed by atoms with E-state index in [4.69, 9.17) is 5.73 Å². The summed E-state index contributed by atoms with van der Waals surface area (Å²) in [4.78, 5) is 0. The van der Waals surface area contributed by atoms with Gasteiger partial charge in [-0.25, -0.2) is 0 Å². The first-order chi connectivity index (χ1) is 9.90. The van der Waals surface area contributed by atoms with Gasteiger partial charge in [0.2, 0.25) is 0 Å². The second-order valence-corrected chi connectivity index (χ2v) is 5.43. The van der Waals surface area contributed by atoms with Crippen LogP contribution in [0.25, 0.3) is 0 Å². The van der Waals surface area contributed by atoms with Crippen LogP contribution in [0.3, 0.4) is 0 Å². The molecule has 0 saturated carbocycles. The van der Waals surface area contributed by atoms with Gasteiger partial charge in [-0.15, -0.1) is 0 Å². The molecule has 2 aromatic carbocycles. The Labute approximate surface area is 122 Å². The van der Waals surface area contributed by atoms with Crippen molar-refractivity contribution in [1.29, 1.82) is 0 Å². The molecule has 2 rings (SSSR count). The fourth-order valence-corrected chi connectivity index (χ4v) is 2.69. The van der Waals surface area contributed by atoms with Gasteiger partial charge in [-0.05, 0) is 42.9 Å². The van der Waals surface area contributed by atoms with Gasteiger partial charge in [0.05, 0.1) is 0 Å². The number of aryl methyl sites for hydroxylation is 1. The van der Waals surface area contributed by atoms with Crippen molar-refractivity contribution in [2.75, 3.05) is 6.54 Å². The van der Waals surface area contributed by atoms with Gasteiger partial charge >= 0.3 is 0 Å². The Morgan fingerprint density at radius 2 is 1.40 bits per heavy atom. The van der Waals surface area contributed by atoms with Crippen molar-refractivity contribution in [1.82, 2.24) is 0 Å². The van der Waals surface area contributed by atoms with Crippen LogP contribution in [-0.4, -0.2) is 6.54 Å². The van der Waals surface area contributed by atoms with E-state index in [9.17, 15) is 0 Å². The number of hydrogen-bond acceptors (Lipinski definition) is 1. The molecule has 0 radical (unpaired) electrons. The van der Waals surface area contributed by atoms with E-state index in [0.717, 1.165) is 6.54 Å². The lowest BCUT2D eigenvalue weighted by molar-refractivity contribution is 0.562. The van der Waals surface area contributed by atoms with Gasteiger partial charge in [-0.3, -0.25) is 0 Å². The molecular formula is C19H25N. The van der Waals surface area contributed by atoms with E-state index in [2.05, 4.69) is 60.7 Å². The first-order valence-electron chi connectivity index (χ1n) is 7.69. The second-order valence-electron chi connectivity index (χ2n) is 5.43. The van der Waals surface area contributed by atoms with E-state index in [-0.39, 0.29) is 0 Å². The Bertz CT molecular complexity index is 464. The number of nitrogens with two attached hydrogens (primary N) is 1. The first-order valence-corrected chi connectivity index (χ1v) is 7.69. The van der Waals surface area contributed by atoms with Crippen LogP contribution >= 0.6 is 0 Å². The molecule has 1 heteroatoms. The summed E-state index contributed by atoms with van der Waals surface area (Å²) in [6.07, 6.45) is 6.23. The van der Waals surface area contributed by atoms with Crippen LogP contribution in [0.4, 0.5) is 0 Å². The molecule has 0 spiro atoms. The molecule has 1 nitrogen and oxygen atoms in total. The molecule has 0 saturated heterocycles. The van der Waals surface area contributed by atoms with Crippen LogP contribution < -0.4 is 5.73 Å². The average Bonchev–Trinajstić information content (AvgIpc) is 2.53. The maximum absolute atomic E-state index is 5.91. The normalized spacial score (nSPS) is 12.2. The molecular weight excluding hydrogens is 242 g/mol. The third kappa shape index (κ3) is 4.82. The summed E-state index contributed by atoms with van der Waals surface area (Å²) >= 11 is 0. The molecule has 0 aliphatic heterocycles. The summed E-state index contributed by atoms with van der Waals surface area (Å²) in [7, 11) is 0. The second kappa shape index (κ2) is 8.55. The fourth-order valence-electron chi connectivity index (χ4n) is 2.69. The number of rotatable bonds is 8. The summed E-state index contributed by atoms with van der Waals surface area (Å²) in [6.45, 7) is 0.753. The zero-order chi connectivity index (χ0) is 14.0. The van der Waals surface area contributed by atoms with Crippen LogP contribution in [0.1, 0.15) is 42.7 Å². The Morgan fingerprint density at radius 1 is 0.750 bits per heavy atom. The van der Waals surface area contributed by atoms with Crippen molar-refractivity contribution >= 4 is 0 Å².